The quantitative estimate of drug-likeness (QED) is 0.702. The molecule has 0 heterocycles. The molecule has 0 amide bonds. The van der Waals surface area contributed by atoms with Crippen LogP contribution in [0.3, 0.4) is 0 Å². The van der Waals surface area contributed by atoms with Crippen LogP contribution in [0.5, 0.6) is 5.75 Å². The summed E-state index contributed by atoms with van der Waals surface area (Å²) in [6.45, 7) is 3.00. The highest BCUT2D eigenvalue weighted by atomic mass is 16.5. The third-order valence-corrected chi connectivity index (χ3v) is 5.97. The van der Waals surface area contributed by atoms with E-state index in [1.54, 1.807) is 18.2 Å². The van der Waals surface area contributed by atoms with Crippen molar-refractivity contribution < 1.29 is 4.74 Å². The van der Waals surface area contributed by atoms with Crippen molar-refractivity contribution in [3.63, 3.8) is 0 Å². The van der Waals surface area contributed by atoms with Crippen molar-refractivity contribution in [3.8, 4) is 5.75 Å². The molecule has 0 saturated heterocycles. The van der Waals surface area contributed by atoms with Crippen LogP contribution in [0.1, 0.15) is 60.8 Å². The van der Waals surface area contributed by atoms with Gasteiger partial charge in [-0.1, -0.05) is 49.7 Å². The second-order valence-electron chi connectivity index (χ2n) is 7.71. The summed E-state index contributed by atoms with van der Waals surface area (Å²) >= 11 is 0. The predicted octanol–water partition coefficient (Wildman–Crippen LogP) is 5.28. The molecule has 0 radical (unpaired) electrons. The molecule has 0 fully saturated rings. The average molecular weight is 352 g/mol. The Bertz CT molecular complexity index is 709. The lowest BCUT2D eigenvalue weighted by Gasteiger charge is -2.26. The lowest BCUT2D eigenvalue weighted by atomic mass is 9.79. The van der Waals surface area contributed by atoms with Crippen molar-refractivity contribution in [2.45, 2.75) is 57.8 Å². The smallest absolute Gasteiger partial charge is 0.122 e. The molecular weight excluding hydrogens is 318 g/mol. The Morgan fingerprint density at radius 2 is 2.00 bits per heavy atom. The molecule has 2 unspecified atom stereocenters. The van der Waals surface area contributed by atoms with Crippen molar-refractivity contribution in [2.75, 3.05) is 13.7 Å². The Balaban J connectivity index is 1.63. The van der Waals surface area contributed by atoms with Crippen LogP contribution < -0.4 is 10.5 Å². The lowest BCUT2D eigenvalue weighted by Crippen LogP contribution is -2.17. The maximum Gasteiger partial charge on any atom is 0.122 e. The molecule has 0 aliphatic heterocycles. The minimum Gasteiger partial charge on any atom is -0.496 e. The van der Waals surface area contributed by atoms with E-state index in [1.807, 2.05) is 6.07 Å². The third kappa shape index (κ3) is 4.48. The van der Waals surface area contributed by atoms with Crippen LogP contribution in [0.15, 0.2) is 42.5 Å². The normalized spacial score (nSPS) is 17.6. The summed E-state index contributed by atoms with van der Waals surface area (Å²) < 4.78 is 5.50. The molecule has 2 aromatic carbocycles. The second-order valence-corrected chi connectivity index (χ2v) is 7.71. The van der Waals surface area contributed by atoms with Crippen LogP contribution in [0.4, 0.5) is 0 Å². The van der Waals surface area contributed by atoms with E-state index >= 15 is 0 Å². The summed E-state index contributed by atoms with van der Waals surface area (Å²) in [5.41, 5.74) is 11.9. The van der Waals surface area contributed by atoms with Crippen molar-refractivity contribution >= 4 is 0 Å². The van der Waals surface area contributed by atoms with Crippen molar-refractivity contribution in [1.29, 1.82) is 0 Å². The van der Waals surface area contributed by atoms with Crippen LogP contribution >= 0.6 is 0 Å². The SMILES string of the molecule is CCCC(CN)c1ccc2c(c1)CCC(CCc1ccccc1OC)C2. The van der Waals surface area contributed by atoms with Gasteiger partial charge in [0.1, 0.15) is 5.75 Å². The molecule has 2 nitrogen and oxygen atoms in total. The molecule has 140 valence electrons. The molecule has 1 aliphatic rings. The zero-order chi connectivity index (χ0) is 18.4. The van der Waals surface area contributed by atoms with Gasteiger partial charge in [0.15, 0.2) is 0 Å². The summed E-state index contributed by atoms with van der Waals surface area (Å²) in [4.78, 5) is 0. The van der Waals surface area contributed by atoms with E-state index in [4.69, 9.17) is 10.5 Å². The Kier molecular flexibility index (Phi) is 6.73. The van der Waals surface area contributed by atoms with Gasteiger partial charge in [-0.25, -0.2) is 0 Å². The zero-order valence-corrected chi connectivity index (χ0v) is 16.3. The highest BCUT2D eigenvalue weighted by Gasteiger charge is 2.20. The minimum atomic E-state index is 0.522. The first-order valence-electron chi connectivity index (χ1n) is 10.2. The predicted molar refractivity (Wildman–Crippen MR) is 110 cm³/mol. The van der Waals surface area contributed by atoms with E-state index in [9.17, 15) is 0 Å². The second kappa shape index (κ2) is 9.23. The van der Waals surface area contributed by atoms with Gasteiger partial charge in [-0.3, -0.25) is 0 Å². The first-order valence-corrected chi connectivity index (χ1v) is 10.2. The number of hydrogen-bond acceptors (Lipinski definition) is 2. The summed E-state index contributed by atoms with van der Waals surface area (Å²) in [6, 6.07) is 15.6. The van der Waals surface area contributed by atoms with Gasteiger partial charge >= 0.3 is 0 Å². The Morgan fingerprint density at radius 1 is 1.15 bits per heavy atom. The van der Waals surface area contributed by atoms with Crippen molar-refractivity contribution in [2.24, 2.45) is 11.7 Å². The van der Waals surface area contributed by atoms with Gasteiger partial charge in [-0.05, 0) is 85.2 Å². The standard InChI is InChI=1S/C24H33NO/c1-3-6-23(17-25)22-14-13-20-15-18(10-12-21(20)16-22)9-11-19-7-4-5-8-24(19)26-2/h4-5,7-8,13-14,16,18,23H,3,6,9-12,15,17,25H2,1-2H3. The Labute approximate surface area is 158 Å². The van der Waals surface area contributed by atoms with E-state index in [2.05, 4.69) is 43.3 Å². The number of para-hydroxylation sites is 1. The van der Waals surface area contributed by atoms with Gasteiger partial charge in [0.2, 0.25) is 0 Å². The average Bonchev–Trinajstić information content (AvgIpc) is 2.70. The molecule has 3 rings (SSSR count). The molecule has 2 N–H and O–H groups in total. The summed E-state index contributed by atoms with van der Waals surface area (Å²) in [5.74, 6) is 2.32. The largest absolute Gasteiger partial charge is 0.496 e. The van der Waals surface area contributed by atoms with E-state index in [-0.39, 0.29) is 0 Å². The molecule has 26 heavy (non-hydrogen) atoms. The van der Waals surface area contributed by atoms with Crippen LogP contribution in [0.2, 0.25) is 0 Å². The van der Waals surface area contributed by atoms with Gasteiger partial charge in [-0.15, -0.1) is 0 Å². The first-order chi connectivity index (χ1) is 12.7. The fourth-order valence-electron chi connectivity index (χ4n) is 4.39. The fraction of sp³-hybridized carbons (Fsp3) is 0.500. The minimum absolute atomic E-state index is 0.522. The Morgan fingerprint density at radius 3 is 2.77 bits per heavy atom. The van der Waals surface area contributed by atoms with Crippen LogP contribution in [0.25, 0.3) is 0 Å². The maximum absolute atomic E-state index is 6.00. The monoisotopic (exact) mass is 351 g/mol. The van der Waals surface area contributed by atoms with E-state index < -0.39 is 0 Å². The maximum atomic E-state index is 6.00. The van der Waals surface area contributed by atoms with Gasteiger partial charge in [0.05, 0.1) is 7.11 Å². The summed E-state index contributed by atoms with van der Waals surface area (Å²) in [5, 5.41) is 0. The Hall–Kier alpha value is -1.80. The van der Waals surface area contributed by atoms with Gasteiger partial charge in [-0.2, -0.15) is 0 Å². The number of benzene rings is 2. The fourth-order valence-corrected chi connectivity index (χ4v) is 4.39. The van der Waals surface area contributed by atoms with Crippen LogP contribution in [-0.2, 0) is 19.3 Å². The number of nitrogens with two attached hydrogens (primary N) is 1. The number of hydrogen-bond donors (Lipinski definition) is 1. The molecule has 0 bridgehead atoms. The number of methoxy groups -OCH3 is 1. The van der Waals surface area contributed by atoms with Crippen LogP contribution in [-0.4, -0.2) is 13.7 Å². The number of ether oxygens (including phenoxy) is 1. The summed E-state index contributed by atoms with van der Waals surface area (Å²) in [7, 11) is 1.76. The molecule has 2 heteroatoms. The number of rotatable bonds is 8. The van der Waals surface area contributed by atoms with Crippen molar-refractivity contribution in [3.05, 3.63) is 64.7 Å². The van der Waals surface area contributed by atoms with E-state index in [0.29, 0.717) is 5.92 Å². The topological polar surface area (TPSA) is 35.2 Å². The molecule has 0 saturated carbocycles. The zero-order valence-electron chi connectivity index (χ0n) is 16.3. The highest BCUT2D eigenvalue weighted by Crippen LogP contribution is 2.32. The van der Waals surface area contributed by atoms with E-state index in [1.165, 1.54) is 49.7 Å². The molecular formula is C24H33NO. The van der Waals surface area contributed by atoms with Crippen LogP contribution in [0, 0.1) is 5.92 Å². The first kappa shape index (κ1) is 19.0. The molecule has 1 aliphatic carbocycles. The number of fused-ring (bicyclic) bond motifs is 1. The van der Waals surface area contributed by atoms with Crippen molar-refractivity contribution in [1.82, 2.24) is 0 Å². The molecule has 2 atom stereocenters. The summed E-state index contributed by atoms with van der Waals surface area (Å²) in [6.07, 6.45) is 8.46. The molecule has 0 spiro atoms. The van der Waals surface area contributed by atoms with Gasteiger partial charge in [0, 0.05) is 0 Å². The van der Waals surface area contributed by atoms with E-state index in [0.717, 1.165) is 24.6 Å². The number of aryl methyl sites for hydroxylation is 2. The van der Waals surface area contributed by atoms with Gasteiger partial charge < -0.3 is 10.5 Å². The molecule has 0 aromatic heterocycles. The molecule has 2 aromatic rings. The highest BCUT2D eigenvalue weighted by molar-refractivity contribution is 5.36. The third-order valence-electron chi connectivity index (χ3n) is 5.97. The lowest BCUT2D eigenvalue weighted by molar-refractivity contribution is 0.398. The van der Waals surface area contributed by atoms with Gasteiger partial charge in [0.25, 0.3) is 0 Å².